The Bertz CT molecular complexity index is 692. The predicted molar refractivity (Wildman–Crippen MR) is 99.6 cm³/mol. The van der Waals surface area contributed by atoms with Crippen LogP contribution >= 0.6 is 11.8 Å². The van der Waals surface area contributed by atoms with Crippen molar-refractivity contribution in [2.45, 2.75) is 58.2 Å². The summed E-state index contributed by atoms with van der Waals surface area (Å²) in [6, 6.07) is 2.08. The summed E-state index contributed by atoms with van der Waals surface area (Å²) in [5.41, 5.74) is 1.61. The second kappa shape index (κ2) is 9.53. The molecule has 0 spiro atoms. The van der Waals surface area contributed by atoms with Gasteiger partial charge in [-0.25, -0.2) is 9.97 Å². The molecule has 1 aromatic rings. The summed E-state index contributed by atoms with van der Waals surface area (Å²) < 4.78 is 5.01. The average Bonchev–Trinajstić information content (AvgIpc) is 2.58. The number of amides is 1. The van der Waals surface area contributed by atoms with Crippen molar-refractivity contribution >= 4 is 23.6 Å². The second-order valence-corrected chi connectivity index (χ2v) is 7.31. The van der Waals surface area contributed by atoms with Gasteiger partial charge in [0.1, 0.15) is 5.54 Å². The van der Waals surface area contributed by atoms with Crippen LogP contribution in [0.1, 0.15) is 44.1 Å². The van der Waals surface area contributed by atoms with Crippen LogP contribution in [0, 0.1) is 31.1 Å². The zero-order chi connectivity index (χ0) is 19.9. The van der Waals surface area contributed by atoms with E-state index in [0.29, 0.717) is 11.6 Å². The van der Waals surface area contributed by atoms with E-state index in [1.165, 1.54) is 11.8 Å². The summed E-state index contributed by atoms with van der Waals surface area (Å²) >= 11 is 1.47. The fourth-order valence-corrected chi connectivity index (χ4v) is 2.69. The minimum Gasteiger partial charge on any atom is -0.456 e. The number of esters is 1. The number of thioether (sulfide) groups is 1. The van der Waals surface area contributed by atoms with Crippen molar-refractivity contribution in [1.82, 2.24) is 15.3 Å². The highest BCUT2D eigenvalue weighted by Crippen LogP contribution is 2.17. The molecule has 0 bridgehead atoms. The van der Waals surface area contributed by atoms with Gasteiger partial charge in [0, 0.05) is 17.8 Å². The van der Waals surface area contributed by atoms with E-state index in [1.807, 2.05) is 34.0 Å². The molecule has 0 saturated heterocycles. The van der Waals surface area contributed by atoms with Crippen LogP contribution < -0.4 is 5.32 Å². The third kappa shape index (κ3) is 5.99. The fourth-order valence-electron chi connectivity index (χ4n) is 2.23. The summed E-state index contributed by atoms with van der Waals surface area (Å²) in [5.74, 6) is -1.03. The maximum Gasteiger partial charge on any atom is 0.306 e. The molecule has 1 rings (SSSR count). The van der Waals surface area contributed by atoms with Crippen molar-refractivity contribution < 1.29 is 14.3 Å². The Morgan fingerprint density at radius 2 is 1.88 bits per heavy atom. The van der Waals surface area contributed by atoms with Crippen molar-refractivity contribution in [1.29, 1.82) is 5.26 Å². The van der Waals surface area contributed by atoms with Crippen molar-refractivity contribution in [3.8, 4) is 6.07 Å². The smallest absolute Gasteiger partial charge is 0.306 e. The number of aryl methyl sites for hydroxylation is 2. The highest BCUT2D eigenvalue weighted by molar-refractivity contribution is 7.98. The Morgan fingerprint density at radius 3 is 2.35 bits per heavy atom. The highest BCUT2D eigenvalue weighted by atomic mass is 32.2. The van der Waals surface area contributed by atoms with Gasteiger partial charge in [0.25, 0.3) is 5.91 Å². The van der Waals surface area contributed by atoms with Crippen LogP contribution in [0.5, 0.6) is 0 Å². The van der Waals surface area contributed by atoms with Crippen LogP contribution in [0.25, 0.3) is 0 Å². The summed E-state index contributed by atoms with van der Waals surface area (Å²) in [6.07, 6.45) is 2.50. The van der Waals surface area contributed by atoms with Gasteiger partial charge >= 0.3 is 5.97 Å². The molecule has 0 saturated carbocycles. The van der Waals surface area contributed by atoms with E-state index in [9.17, 15) is 14.9 Å². The molecule has 1 aromatic heterocycles. The largest absolute Gasteiger partial charge is 0.456 e. The van der Waals surface area contributed by atoms with Gasteiger partial charge in [-0.05, 0) is 44.9 Å². The first kappa shape index (κ1) is 21.9. The van der Waals surface area contributed by atoms with E-state index < -0.39 is 24.0 Å². The molecule has 0 fully saturated rings. The van der Waals surface area contributed by atoms with E-state index in [0.717, 1.165) is 17.0 Å². The zero-order valence-electron chi connectivity index (χ0n) is 16.2. The molecule has 0 aliphatic rings. The molecule has 1 atom stereocenters. The molecule has 0 aromatic carbocycles. The van der Waals surface area contributed by atoms with E-state index in [-0.39, 0.29) is 12.3 Å². The highest BCUT2D eigenvalue weighted by Gasteiger charge is 2.30. The van der Waals surface area contributed by atoms with Crippen LogP contribution in [0.3, 0.4) is 0 Å². The molecule has 26 heavy (non-hydrogen) atoms. The molecule has 0 unspecified atom stereocenters. The lowest BCUT2D eigenvalue weighted by Gasteiger charge is -2.27. The Kier molecular flexibility index (Phi) is 8.03. The Morgan fingerprint density at radius 1 is 1.31 bits per heavy atom. The zero-order valence-corrected chi connectivity index (χ0v) is 17.0. The Labute approximate surface area is 158 Å². The van der Waals surface area contributed by atoms with Crippen molar-refractivity contribution in [2.24, 2.45) is 5.92 Å². The van der Waals surface area contributed by atoms with Gasteiger partial charge in [0.15, 0.2) is 11.8 Å². The number of nitrogens with zero attached hydrogens (tertiary/aromatic N) is 3. The molecule has 7 nitrogen and oxygen atoms in total. The Balaban J connectivity index is 2.54. The van der Waals surface area contributed by atoms with Crippen LogP contribution in [0.2, 0.25) is 0 Å². The number of carbonyl (C=O) groups excluding carboxylic acids is 2. The predicted octanol–water partition coefficient (Wildman–Crippen LogP) is 2.35. The number of hydrogen-bond acceptors (Lipinski definition) is 7. The van der Waals surface area contributed by atoms with Gasteiger partial charge < -0.3 is 10.1 Å². The molecule has 0 aliphatic heterocycles. The van der Waals surface area contributed by atoms with Gasteiger partial charge in [-0.3, -0.25) is 9.59 Å². The lowest BCUT2D eigenvalue weighted by atomic mass is 9.90. The average molecular weight is 378 g/mol. The van der Waals surface area contributed by atoms with Gasteiger partial charge in [-0.1, -0.05) is 25.6 Å². The number of nitriles is 1. The van der Waals surface area contributed by atoms with Crippen LogP contribution in [-0.2, 0) is 20.7 Å². The molecule has 1 N–H and O–H groups in total. The van der Waals surface area contributed by atoms with Gasteiger partial charge in [0.2, 0.25) is 0 Å². The number of carbonyl (C=O) groups is 2. The summed E-state index contributed by atoms with van der Waals surface area (Å²) in [4.78, 5) is 32.6. The van der Waals surface area contributed by atoms with Crippen LogP contribution in [0.15, 0.2) is 5.16 Å². The third-order valence-corrected chi connectivity index (χ3v) is 4.86. The summed E-state index contributed by atoms with van der Waals surface area (Å²) in [6.45, 7) is 8.69. The first-order chi connectivity index (χ1) is 12.1. The third-order valence-electron chi connectivity index (χ3n) is 4.31. The van der Waals surface area contributed by atoms with E-state index in [4.69, 9.17) is 4.74 Å². The molecular formula is C18H26N4O3S. The molecule has 8 heteroatoms. The molecule has 1 heterocycles. The van der Waals surface area contributed by atoms with Crippen molar-refractivity contribution in [2.75, 3.05) is 12.9 Å². The molecular weight excluding hydrogens is 352 g/mol. The SMILES string of the molecule is CSc1nc(C)c(CCC(=O)OCC(=O)N[C@@](C)(C#N)C(C)C)c(C)n1. The summed E-state index contributed by atoms with van der Waals surface area (Å²) in [7, 11) is 0. The lowest BCUT2D eigenvalue weighted by molar-refractivity contribution is -0.149. The van der Waals surface area contributed by atoms with E-state index >= 15 is 0 Å². The van der Waals surface area contributed by atoms with Gasteiger partial charge in [-0.15, -0.1) is 0 Å². The van der Waals surface area contributed by atoms with E-state index in [1.54, 1.807) is 6.92 Å². The minimum atomic E-state index is -0.992. The standard InChI is InChI=1S/C18H26N4O3S/c1-11(2)18(5,10-19)22-15(23)9-25-16(24)8-7-14-12(3)20-17(26-6)21-13(14)4/h11H,7-9H2,1-6H3,(H,22,23)/t18-/m0/s1. The molecule has 0 radical (unpaired) electrons. The fraction of sp³-hybridized carbons (Fsp3) is 0.611. The lowest BCUT2D eigenvalue weighted by Crippen LogP contribution is -2.50. The normalized spacial score (nSPS) is 13.0. The first-order valence-corrected chi connectivity index (χ1v) is 9.61. The van der Waals surface area contributed by atoms with Crippen molar-refractivity contribution in [3.63, 3.8) is 0 Å². The van der Waals surface area contributed by atoms with Crippen LogP contribution in [-0.4, -0.2) is 40.2 Å². The topological polar surface area (TPSA) is 105 Å². The second-order valence-electron chi connectivity index (χ2n) is 6.54. The van der Waals surface area contributed by atoms with E-state index in [2.05, 4.69) is 21.4 Å². The van der Waals surface area contributed by atoms with Gasteiger partial charge in [0.05, 0.1) is 6.07 Å². The number of hydrogen-bond donors (Lipinski definition) is 1. The summed E-state index contributed by atoms with van der Waals surface area (Å²) in [5, 5.41) is 12.5. The monoisotopic (exact) mass is 378 g/mol. The molecule has 1 amide bonds. The molecule has 142 valence electrons. The Hall–Kier alpha value is -2.14. The minimum absolute atomic E-state index is 0.0673. The number of nitrogens with one attached hydrogen (secondary N) is 1. The maximum absolute atomic E-state index is 11.9. The maximum atomic E-state index is 11.9. The first-order valence-electron chi connectivity index (χ1n) is 8.39. The number of aromatic nitrogens is 2. The molecule has 0 aliphatic carbocycles. The number of rotatable bonds is 8. The quantitative estimate of drug-likeness (QED) is 0.420. The van der Waals surface area contributed by atoms with Crippen molar-refractivity contribution in [3.05, 3.63) is 17.0 Å². The van der Waals surface area contributed by atoms with Crippen LogP contribution in [0.4, 0.5) is 0 Å². The number of ether oxygens (including phenoxy) is 1. The van der Waals surface area contributed by atoms with Gasteiger partial charge in [-0.2, -0.15) is 5.26 Å².